The van der Waals surface area contributed by atoms with E-state index < -0.39 is 11.9 Å². The lowest BCUT2D eigenvalue weighted by atomic mass is 10.1. The summed E-state index contributed by atoms with van der Waals surface area (Å²) in [4.78, 5) is 24.1. The van der Waals surface area contributed by atoms with Crippen LogP contribution in [-0.2, 0) is 9.47 Å². The Balaban J connectivity index is 2.64. The summed E-state index contributed by atoms with van der Waals surface area (Å²) in [5, 5.41) is 0. The molecule has 1 aromatic carbocycles. The molecule has 0 aliphatic rings. The van der Waals surface area contributed by atoms with Gasteiger partial charge in [-0.2, -0.15) is 0 Å². The molecule has 0 atom stereocenters. The first-order valence-corrected chi connectivity index (χ1v) is 7.64. The minimum absolute atomic E-state index is 0.138. The molecule has 0 radical (unpaired) electrons. The van der Waals surface area contributed by atoms with Gasteiger partial charge in [-0.3, -0.25) is 0 Å². The highest BCUT2D eigenvalue weighted by Crippen LogP contribution is 2.13. The van der Waals surface area contributed by atoms with Crippen molar-refractivity contribution in [1.82, 2.24) is 0 Å². The number of benzene rings is 1. The summed E-state index contributed by atoms with van der Waals surface area (Å²) in [7, 11) is 0. The van der Waals surface area contributed by atoms with E-state index in [9.17, 15) is 9.59 Å². The number of esters is 2. The van der Waals surface area contributed by atoms with E-state index in [0.29, 0.717) is 6.61 Å². The van der Waals surface area contributed by atoms with Gasteiger partial charge in [-0.1, -0.05) is 44.9 Å². The van der Waals surface area contributed by atoms with Crippen molar-refractivity contribution in [3.8, 4) is 0 Å². The van der Waals surface area contributed by atoms with Gasteiger partial charge < -0.3 is 9.47 Å². The number of unbranched alkanes of at least 4 members (excludes halogenated alkanes) is 3. The number of carbonyl (C=O) groups excluding carboxylic acids is 2. The SMILES string of the molecule is C=C(C)COC(=O)c1ccccc1C(=O)OCCCCCC. The van der Waals surface area contributed by atoms with Gasteiger partial charge in [0.15, 0.2) is 0 Å². The van der Waals surface area contributed by atoms with Gasteiger partial charge in [0.25, 0.3) is 0 Å². The molecule has 0 aromatic heterocycles. The van der Waals surface area contributed by atoms with E-state index in [0.717, 1.165) is 31.3 Å². The van der Waals surface area contributed by atoms with E-state index in [1.54, 1.807) is 31.2 Å². The number of carbonyl (C=O) groups is 2. The van der Waals surface area contributed by atoms with E-state index >= 15 is 0 Å². The molecule has 0 bridgehead atoms. The van der Waals surface area contributed by atoms with Crippen LogP contribution in [0, 0.1) is 0 Å². The maximum absolute atomic E-state index is 12.1. The second kappa shape index (κ2) is 9.77. The first-order valence-electron chi connectivity index (χ1n) is 7.64. The van der Waals surface area contributed by atoms with Crippen LogP contribution in [0.4, 0.5) is 0 Å². The van der Waals surface area contributed by atoms with Crippen molar-refractivity contribution in [1.29, 1.82) is 0 Å². The predicted octanol–water partition coefficient (Wildman–Crippen LogP) is 4.16. The Morgan fingerprint density at radius 1 is 1.00 bits per heavy atom. The van der Waals surface area contributed by atoms with Crippen LogP contribution in [0.5, 0.6) is 0 Å². The Labute approximate surface area is 132 Å². The Bertz CT molecular complexity index is 520. The molecule has 0 spiro atoms. The molecule has 1 aromatic rings. The topological polar surface area (TPSA) is 52.6 Å². The average molecular weight is 304 g/mol. The predicted molar refractivity (Wildman–Crippen MR) is 86.0 cm³/mol. The van der Waals surface area contributed by atoms with Crippen LogP contribution < -0.4 is 0 Å². The van der Waals surface area contributed by atoms with Gasteiger partial charge in [0.05, 0.1) is 17.7 Å². The second-order valence-electron chi connectivity index (χ2n) is 5.28. The third kappa shape index (κ3) is 6.12. The van der Waals surface area contributed by atoms with E-state index in [1.165, 1.54) is 0 Å². The van der Waals surface area contributed by atoms with Crippen LogP contribution in [0.25, 0.3) is 0 Å². The molecule has 22 heavy (non-hydrogen) atoms. The second-order valence-corrected chi connectivity index (χ2v) is 5.28. The quantitative estimate of drug-likeness (QED) is 0.390. The fourth-order valence-corrected chi connectivity index (χ4v) is 1.88. The standard InChI is InChI=1S/C18H24O4/c1-4-5-6-9-12-21-17(19)15-10-7-8-11-16(15)18(20)22-13-14(2)3/h7-8,10-11H,2,4-6,9,12-13H2,1,3H3. The van der Waals surface area contributed by atoms with Crippen LogP contribution in [-0.4, -0.2) is 25.2 Å². The third-order valence-electron chi connectivity index (χ3n) is 3.05. The molecule has 0 unspecified atom stereocenters. The normalized spacial score (nSPS) is 10.1. The zero-order chi connectivity index (χ0) is 16.4. The van der Waals surface area contributed by atoms with E-state index in [4.69, 9.17) is 9.47 Å². The van der Waals surface area contributed by atoms with Gasteiger partial charge in [0.1, 0.15) is 6.61 Å². The van der Waals surface area contributed by atoms with Crippen molar-refractivity contribution < 1.29 is 19.1 Å². The molecule has 0 heterocycles. The highest BCUT2D eigenvalue weighted by molar-refractivity contribution is 6.03. The van der Waals surface area contributed by atoms with Crippen molar-refractivity contribution in [2.75, 3.05) is 13.2 Å². The number of rotatable bonds is 9. The van der Waals surface area contributed by atoms with Crippen molar-refractivity contribution in [3.63, 3.8) is 0 Å². The molecule has 1 rings (SSSR count). The highest BCUT2D eigenvalue weighted by atomic mass is 16.5. The van der Waals surface area contributed by atoms with Crippen LogP contribution in [0.1, 0.15) is 60.2 Å². The molecule has 4 nitrogen and oxygen atoms in total. The summed E-state index contributed by atoms with van der Waals surface area (Å²) in [5.41, 5.74) is 1.20. The maximum Gasteiger partial charge on any atom is 0.339 e. The van der Waals surface area contributed by atoms with Gasteiger partial charge in [-0.25, -0.2) is 9.59 Å². The molecule has 0 aliphatic heterocycles. The van der Waals surface area contributed by atoms with Crippen molar-refractivity contribution in [2.45, 2.75) is 39.5 Å². The summed E-state index contributed by atoms with van der Waals surface area (Å²) in [5.74, 6) is -1.03. The molecular formula is C18H24O4. The minimum atomic E-state index is -0.540. The lowest BCUT2D eigenvalue weighted by molar-refractivity contribution is 0.0467. The molecule has 0 saturated carbocycles. The molecule has 0 aliphatic carbocycles. The molecule has 120 valence electrons. The highest BCUT2D eigenvalue weighted by Gasteiger charge is 2.18. The van der Waals surface area contributed by atoms with E-state index in [-0.39, 0.29) is 17.7 Å². The minimum Gasteiger partial charge on any atom is -0.462 e. The van der Waals surface area contributed by atoms with Gasteiger partial charge in [0.2, 0.25) is 0 Å². The molecule has 0 saturated heterocycles. The Kier molecular flexibility index (Phi) is 7.97. The van der Waals surface area contributed by atoms with Crippen molar-refractivity contribution in [3.05, 3.63) is 47.5 Å². The molecular weight excluding hydrogens is 280 g/mol. The van der Waals surface area contributed by atoms with Gasteiger partial charge in [-0.05, 0) is 31.1 Å². The average Bonchev–Trinajstić information content (AvgIpc) is 2.52. The van der Waals surface area contributed by atoms with E-state index in [1.807, 2.05) is 0 Å². The molecule has 4 heteroatoms. The summed E-state index contributed by atoms with van der Waals surface area (Å²) in [6.45, 7) is 8.07. The summed E-state index contributed by atoms with van der Waals surface area (Å²) < 4.78 is 10.3. The fourth-order valence-electron chi connectivity index (χ4n) is 1.88. The summed E-state index contributed by atoms with van der Waals surface area (Å²) in [6.07, 6.45) is 4.13. The van der Waals surface area contributed by atoms with Gasteiger partial charge in [0, 0.05) is 0 Å². The number of ether oxygens (including phenoxy) is 2. The Morgan fingerprint density at radius 2 is 1.59 bits per heavy atom. The van der Waals surface area contributed by atoms with Gasteiger partial charge in [-0.15, -0.1) is 0 Å². The monoisotopic (exact) mass is 304 g/mol. The first kappa shape index (κ1) is 18.0. The van der Waals surface area contributed by atoms with Crippen LogP contribution in [0.2, 0.25) is 0 Å². The number of hydrogen-bond acceptors (Lipinski definition) is 4. The van der Waals surface area contributed by atoms with Crippen LogP contribution in [0.15, 0.2) is 36.4 Å². The zero-order valence-electron chi connectivity index (χ0n) is 13.4. The first-order chi connectivity index (χ1) is 10.6. The largest absolute Gasteiger partial charge is 0.462 e. The lowest BCUT2D eigenvalue weighted by Gasteiger charge is -2.09. The van der Waals surface area contributed by atoms with Crippen LogP contribution in [0.3, 0.4) is 0 Å². The van der Waals surface area contributed by atoms with E-state index in [2.05, 4.69) is 13.5 Å². The smallest absolute Gasteiger partial charge is 0.339 e. The fraction of sp³-hybridized carbons (Fsp3) is 0.444. The van der Waals surface area contributed by atoms with Crippen molar-refractivity contribution >= 4 is 11.9 Å². The molecule has 0 fully saturated rings. The molecule has 0 N–H and O–H groups in total. The Hall–Kier alpha value is -2.10. The Morgan fingerprint density at radius 3 is 2.14 bits per heavy atom. The van der Waals surface area contributed by atoms with Crippen LogP contribution >= 0.6 is 0 Å². The summed E-state index contributed by atoms with van der Waals surface area (Å²) >= 11 is 0. The lowest BCUT2D eigenvalue weighted by Crippen LogP contribution is -2.15. The number of hydrogen-bond donors (Lipinski definition) is 0. The molecule has 0 amide bonds. The van der Waals surface area contributed by atoms with Gasteiger partial charge >= 0.3 is 11.9 Å². The zero-order valence-corrected chi connectivity index (χ0v) is 13.4. The summed E-state index contributed by atoms with van der Waals surface area (Å²) in [6, 6.07) is 6.53. The van der Waals surface area contributed by atoms with Crippen molar-refractivity contribution in [2.24, 2.45) is 0 Å². The maximum atomic E-state index is 12.1. The third-order valence-corrected chi connectivity index (χ3v) is 3.05.